The van der Waals surface area contributed by atoms with Gasteiger partial charge in [-0.3, -0.25) is 0 Å². The fraction of sp³-hybridized carbons (Fsp3) is 0.467. The van der Waals surface area contributed by atoms with Crippen molar-refractivity contribution in [2.24, 2.45) is 5.41 Å². The predicted molar refractivity (Wildman–Crippen MR) is 74.7 cm³/mol. The molecule has 1 saturated heterocycles. The highest BCUT2D eigenvalue weighted by Crippen LogP contribution is 2.29. The van der Waals surface area contributed by atoms with Gasteiger partial charge < -0.3 is 10.2 Å². The fourth-order valence-corrected chi connectivity index (χ4v) is 2.15. The SMILES string of the molecule is Cc1ccc(NC(=O)N2CCC(C)(C#N)CC2)cc1. The fourth-order valence-electron chi connectivity index (χ4n) is 2.15. The third-order valence-electron chi connectivity index (χ3n) is 3.73. The Morgan fingerprint density at radius 2 is 1.89 bits per heavy atom. The maximum Gasteiger partial charge on any atom is 0.321 e. The van der Waals surface area contributed by atoms with E-state index < -0.39 is 0 Å². The standard InChI is InChI=1S/C15H19N3O/c1-12-3-5-13(6-4-12)17-14(19)18-9-7-15(2,11-16)8-10-18/h3-6H,7-10H2,1-2H3,(H,17,19). The Labute approximate surface area is 114 Å². The van der Waals surface area contributed by atoms with E-state index in [4.69, 9.17) is 5.26 Å². The monoisotopic (exact) mass is 257 g/mol. The Morgan fingerprint density at radius 1 is 1.32 bits per heavy atom. The Kier molecular flexibility index (Phi) is 3.75. The van der Waals surface area contributed by atoms with Crippen LogP contribution >= 0.6 is 0 Å². The first kappa shape index (κ1) is 13.4. The Morgan fingerprint density at radius 3 is 2.42 bits per heavy atom. The van der Waals surface area contributed by atoms with E-state index in [0.717, 1.165) is 18.5 Å². The van der Waals surface area contributed by atoms with Crippen LogP contribution in [0.5, 0.6) is 0 Å². The lowest BCUT2D eigenvalue weighted by atomic mass is 9.82. The van der Waals surface area contributed by atoms with E-state index in [2.05, 4.69) is 11.4 Å². The lowest BCUT2D eigenvalue weighted by molar-refractivity contribution is 0.166. The summed E-state index contributed by atoms with van der Waals surface area (Å²) in [7, 11) is 0. The number of anilines is 1. The highest BCUT2D eigenvalue weighted by molar-refractivity contribution is 5.89. The minimum Gasteiger partial charge on any atom is -0.324 e. The number of carbonyl (C=O) groups excluding carboxylic acids is 1. The third kappa shape index (κ3) is 3.25. The number of amides is 2. The molecule has 100 valence electrons. The summed E-state index contributed by atoms with van der Waals surface area (Å²) in [6, 6.07) is 10.00. The number of piperidine rings is 1. The average Bonchev–Trinajstić information content (AvgIpc) is 2.42. The summed E-state index contributed by atoms with van der Waals surface area (Å²) < 4.78 is 0. The number of urea groups is 1. The quantitative estimate of drug-likeness (QED) is 0.840. The first-order chi connectivity index (χ1) is 9.02. The Bertz CT molecular complexity index is 493. The number of nitriles is 1. The lowest BCUT2D eigenvalue weighted by Crippen LogP contribution is -2.43. The van der Waals surface area contributed by atoms with Gasteiger partial charge in [0.25, 0.3) is 0 Å². The number of nitrogens with zero attached hydrogens (tertiary/aromatic N) is 2. The minimum atomic E-state index is -0.277. The maximum atomic E-state index is 12.1. The van der Waals surface area contributed by atoms with Gasteiger partial charge in [-0.15, -0.1) is 0 Å². The van der Waals surface area contributed by atoms with Crippen molar-refractivity contribution < 1.29 is 4.79 Å². The molecule has 0 saturated carbocycles. The zero-order chi connectivity index (χ0) is 13.9. The highest BCUT2D eigenvalue weighted by Gasteiger charge is 2.31. The summed E-state index contributed by atoms with van der Waals surface area (Å²) in [5, 5.41) is 12.0. The van der Waals surface area contributed by atoms with Gasteiger partial charge in [0.1, 0.15) is 0 Å². The van der Waals surface area contributed by atoms with Crippen LogP contribution in [0, 0.1) is 23.7 Å². The van der Waals surface area contributed by atoms with Gasteiger partial charge in [-0.25, -0.2) is 4.79 Å². The van der Waals surface area contributed by atoms with Gasteiger partial charge in [0.2, 0.25) is 0 Å². The first-order valence-electron chi connectivity index (χ1n) is 6.56. The summed E-state index contributed by atoms with van der Waals surface area (Å²) in [4.78, 5) is 13.9. The molecule has 0 aromatic heterocycles. The second-order valence-corrected chi connectivity index (χ2v) is 5.46. The van der Waals surface area contributed by atoms with E-state index in [1.54, 1.807) is 4.90 Å². The van der Waals surface area contributed by atoms with Crippen molar-refractivity contribution in [3.05, 3.63) is 29.8 Å². The van der Waals surface area contributed by atoms with E-state index in [1.807, 2.05) is 38.1 Å². The molecule has 1 aliphatic rings. The molecule has 0 aliphatic carbocycles. The summed E-state index contributed by atoms with van der Waals surface area (Å²) in [5.41, 5.74) is 1.70. The topological polar surface area (TPSA) is 56.1 Å². The molecule has 1 heterocycles. The van der Waals surface area contributed by atoms with Crippen LogP contribution in [0.2, 0.25) is 0 Å². The molecule has 0 spiro atoms. The number of benzene rings is 1. The number of hydrogen-bond donors (Lipinski definition) is 1. The van der Waals surface area contributed by atoms with Crippen molar-refractivity contribution in [3.8, 4) is 6.07 Å². The van der Waals surface area contributed by atoms with Gasteiger partial charge in [0.15, 0.2) is 0 Å². The van der Waals surface area contributed by atoms with Crippen LogP contribution in [0.3, 0.4) is 0 Å². The molecule has 1 aromatic rings. The van der Waals surface area contributed by atoms with E-state index in [0.29, 0.717) is 13.1 Å². The van der Waals surface area contributed by atoms with Gasteiger partial charge >= 0.3 is 6.03 Å². The molecule has 1 N–H and O–H groups in total. The molecule has 19 heavy (non-hydrogen) atoms. The molecule has 1 aliphatic heterocycles. The first-order valence-corrected chi connectivity index (χ1v) is 6.56. The largest absolute Gasteiger partial charge is 0.324 e. The number of rotatable bonds is 1. The van der Waals surface area contributed by atoms with Crippen LogP contribution in [-0.2, 0) is 0 Å². The molecular weight excluding hydrogens is 238 g/mol. The summed E-state index contributed by atoms with van der Waals surface area (Å²) >= 11 is 0. The van der Waals surface area contributed by atoms with Crippen molar-refractivity contribution >= 4 is 11.7 Å². The van der Waals surface area contributed by atoms with Crippen LogP contribution in [0.25, 0.3) is 0 Å². The van der Waals surface area contributed by atoms with E-state index in [1.165, 1.54) is 5.56 Å². The minimum absolute atomic E-state index is 0.0798. The zero-order valence-electron chi connectivity index (χ0n) is 11.4. The maximum absolute atomic E-state index is 12.1. The molecule has 2 rings (SSSR count). The van der Waals surface area contributed by atoms with Gasteiger partial charge in [-0.05, 0) is 38.8 Å². The van der Waals surface area contributed by atoms with E-state index >= 15 is 0 Å². The molecule has 0 bridgehead atoms. The molecule has 4 nitrogen and oxygen atoms in total. The van der Waals surface area contributed by atoms with Crippen LogP contribution in [0.4, 0.5) is 10.5 Å². The van der Waals surface area contributed by atoms with Gasteiger partial charge in [-0.2, -0.15) is 5.26 Å². The molecule has 1 fully saturated rings. The molecule has 1 aromatic carbocycles. The number of likely N-dealkylation sites (tertiary alicyclic amines) is 1. The van der Waals surface area contributed by atoms with Crippen molar-refractivity contribution in [2.75, 3.05) is 18.4 Å². The molecule has 0 unspecified atom stereocenters. The molecule has 0 atom stereocenters. The lowest BCUT2D eigenvalue weighted by Gasteiger charge is -2.34. The highest BCUT2D eigenvalue weighted by atomic mass is 16.2. The van der Waals surface area contributed by atoms with Crippen molar-refractivity contribution in [2.45, 2.75) is 26.7 Å². The summed E-state index contributed by atoms with van der Waals surface area (Å²) in [6.45, 7) is 5.25. The van der Waals surface area contributed by atoms with Crippen LogP contribution in [-0.4, -0.2) is 24.0 Å². The second-order valence-electron chi connectivity index (χ2n) is 5.46. The number of nitrogens with one attached hydrogen (secondary N) is 1. The van der Waals surface area contributed by atoms with Gasteiger partial charge in [-0.1, -0.05) is 17.7 Å². The third-order valence-corrected chi connectivity index (χ3v) is 3.73. The molecule has 2 amide bonds. The van der Waals surface area contributed by atoms with Crippen molar-refractivity contribution in [1.29, 1.82) is 5.26 Å². The van der Waals surface area contributed by atoms with Crippen LogP contribution in [0.1, 0.15) is 25.3 Å². The van der Waals surface area contributed by atoms with Gasteiger partial charge in [0.05, 0.1) is 11.5 Å². The van der Waals surface area contributed by atoms with Gasteiger partial charge in [0, 0.05) is 18.8 Å². The molecule has 4 heteroatoms. The van der Waals surface area contributed by atoms with E-state index in [9.17, 15) is 4.79 Å². The average molecular weight is 257 g/mol. The van der Waals surface area contributed by atoms with Crippen LogP contribution < -0.4 is 5.32 Å². The van der Waals surface area contributed by atoms with Crippen molar-refractivity contribution in [1.82, 2.24) is 4.90 Å². The number of hydrogen-bond acceptors (Lipinski definition) is 2. The zero-order valence-corrected chi connectivity index (χ0v) is 11.4. The van der Waals surface area contributed by atoms with Crippen LogP contribution in [0.15, 0.2) is 24.3 Å². The number of carbonyl (C=O) groups is 1. The summed E-state index contributed by atoms with van der Waals surface area (Å²) in [5.74, 6) is 0. The molecular formula is C15H19N3O. The predicted octanol–water partition coefficient (Wildman–Crippen LogP) is 3.15. The second kappa shape index (κ2) is 5.31. The smallest absolute Gasteiger partial charge is 0.321 e. The number of aryl methyl sites for hydroxylation is 1. The Hall–Kier alpha value is -2.02. The van der Waals surface area contributed by atoms with Crippen molar-refractivity contribution in [3.63, 3.8) is 0 Å². The normalized spacial score (nSPS) is 17.6. The molecule has 0 radical (unpaired) electrons. The summed E-state index contributed by atoms with van der Waals surface area (Å²) in [6.07, 6.45) is 1.48. The Balaban J connectivity index is 1.92. The van der Waals surface area contributed by atoms with E-state index in [-0.39, 0.29) is 11.4 Å².